The molecule has 8 atom stereocenters. The number of hydrogen-bond donors (Lipinski definition) is 3. The molecule has 5 heteroatoms. The van der Waals surface area contributed by atoms with Crippen molar-refractivity contribution in [2.75, 3.05) is 0 Å². The summed E-state index contributed by atoms with van der Waals surface area (Å²) in [7, 11) is 0. The summed E-state index contributed by atoms with van der Waals surface area (Å²) < 4.78 is 12.1. The second-order valence-electron chi connectivity index (χ2n) is 8.87. The molecule has 0 saturated carbocycles. The average Bonchev–Trinajstić information content (AvgIpc) is 2.55. The molecule has 0 amide bonds. The summed E-state index contributed by atoms with van der Waals surface area (Å²) in [4.78, 5) is 0. The Morgan fingerprint density at radius 1 is 1.00 bits per heavy atom. The van der Waals surface area contributed by atoms with Gasteiger partial charge in [0.15, 0.2) is 5.79 Å². The van der Waals surface area contributed by atoms with Gasteiger partial charge in [-0.3, -0.25) is 0 Å². The third-order valence-electron chi connectivity index (χ3n) is 5.77. The molecule has 0 aromatic rings. The van der Waals surface area contributed by atoms with E-state index in [-0.39, 0.29) is 36.4 Å². The standard InChI is InChI=1S/C21H40O5/c1-9-13(4)16(22)10-17(23)14(5)18(24)11-19-15(6)20(12(2)3)26-21(7,8)25-19/h9,12-20,22-24H,1,10-11H2,2-8H3/t13-,14-,15-,16+,17-,18+,19-,20+/m0/s1. The second kappa shape index (κ2) is 9.65. The number of ether oxygens (including phenoxy) is 2. The molecule has 0 bridgehead atoms. The lowest BCUT2D eigenvalue weighted by molar-refractivity contribution is -0.329. The van der Waals surface area contributed by atoms with Crippen LogP contribution in [0.5, 0.6) is 0 Å². The Hall–Kier alpha value is -0.460. The molecular formula is C21H40O5. The fourth-order valence-corrected chi connectivity index (χ4v) is 3.70. The van der Waals surface area contributed by atoms with E-state index in [1.165, 1.54) is 0 Å². The molecule has 1 saturated heterocycles. The van der Waals surface area contributed by atoms with Crippen molar-refractivity contribution in [2.24, 2.45) is 23.7 Å². The van der Waals surface area contributed by atoms with Gasteiger partial charge in [0.25, 0.3) is 0 Å². The first-order valence-corrected chi connectivity index (χ1v) is 9.92. The second-order valence-corrected chi connectivity index (χ2v) is 8.87. The van der Waals surface area contributed by atoms with Crippen LogP contribution in [0.2, 0.25) is 0 Å². The van der Waals surface area contributed by atoms with Crippen LogP contribution in [0, 0.1) is 23.7 Å². The maximum Gasteiger partial charge on any atom is 0.163 e. The van der Waals surface area contributed by atoms with Crippen LogP contribution in [-0.4, -0.2) is 51.6 Å². The molecule has 5 nitrogen and oxygen atoms in total. The lowest BCUT2D eigenvalue weighted by Crippen LogP contribution is -2.53. The molecule has 0 aromatic heterocycles. The monoisotopic (exact) mass is 372 g/mol. The molecule has 1 aliphatic rings. The largest absolute Gasteiger partial charge is 0.393 e. The molecular weight excluding hydrogens is 332 g/mol. The number of aliphatic hydroxyl groups is 3. The fourth-order valence-electron chi connectivity index (χ4n) is 3.70. The zero-order valence-electron chi connectivity index (χ0n) is 17.6. The van der Waals surface area contributed by atoms with E-state index in [1.807, 2.05) is 27.7 Å². The topological polar surface area (TPSA) is 79.2 Å². The SMILES string of the molecule is C=C[C@H](C)[C@H](O)C[C@H](O)[C@H](C)[C@H](O)C[C@@H]1OC(C)(C)O[C@H](C(C)C)[C@H]1C. The molecule has 1 rings (SSSR count). The van der Waals surface area contributed by atoms with Gasteiger partial charge in [0.1, 0.15) is 0 Å². The van der Waals surface area contributed by atoms with Crippen LogP contribution in [0.3, 0.4) is 0 Å². The van der Waals surface area contributed by atoms with Gasteiger partial charge in [0, 0.05) is 24.7 Å². The molecule has 26 heavy (non-hydrogen) atoms. The quantitative estimate of drug-likeness (QED) is 0.542. The Labute approximate surface area is 159 Å². The van der Waals surface area contributed by atoms with Crippen LogP contribution in [-0.2, 0) is 9.47 Å². The van der Waals surface area contributed by atoms with Gasteiger partial charge in [0.2, 0.25) is 0 Å². The maximum absolute atomic E-state index is 10.7. The highest BCUT2D eigenvalue weighted by atomic mass is 16.7. The number of rotatable bonds is 9. The summed E-state index contributed by atoms with van der Waals surface area (Å²) in [6.07, 6.45) is 0.0679. The number of hydrogen-bond acceptors (Lipinski definition) is 5. The van der Waals surface area contributed by atoms with Gasteiger partial charge in [-0.2, -0.15) is 0 Å². The van der Waals surface area contributed by atoms with E-state index >= 15 is 0 Å². The lowest BCUT2D eigenvalue weighted by Gasteiger charge is -2.47. The predicted octanol–water partition coefficient (Wildman–Crippen LogP) is 3.12. The zero-order chi connectivity index (χ0) is 20.2. The maximum atomic E-state index is 10.7. The van der Waals surface area contributed by atoms with E-state index in [0.29, 0.717) is 12.3 Å². The summed E-state index contributed by atoms with van der Waals surface area (Å²) in [5, 5.41) is 31.2. The lowest BCUT2D eigenvalue weighted by atomic mass is 9.82. The first-order chi connectivity index (χ1) is 11.9. The number of aliphatic hydroxyl groups excluding tert-OH is 3. The molecule has 1 heterocycles. The van der Waals surface area contributed by atoms with E-state index in [2.05, 4.69) is 27.4 Å². The average molecular weight is 373 g/mol. The Bertz CT molecular complexity index is 436. The summed E-state index contributed by atoms with van der Waals surface area (Å²) in [6, 6.07) is 0. The first-order valence-electron chi connectivity index (χ1n) is 9.92. The third kappa shape index (κ3) is 6.31. The minimum Gasteiger partial charge on any atom is -0.393 e. The van der Waals surface area contributed by atoms with Crippen molar-refractivity contribution >= 4 is 0 Å². The van der Waals surface area contributed by atoms with Crippen LogP contribution in [0.15, 0.2) is 12.7 Å². The van der Waals surface area contributed by atoms with Crippen molar-refractivity contribution in [1.82, 2.24) is 0 Å². The Morgan fingerprint density at radius 2 is 1.58 bits per heavy atom. The van der Waals surface area contributed by atoms with Gasteiger partial charge in [0.05, 0.1) is 30.5 Å². The molecule has 0 aliphatic carbocycles. The predicted molar refractivity (Wildman–Crippen MR) is 104 cm³/mol. The Morgan fingerprint density at radius 3 is 2.08 bits per heavy atom. The highest BCUT2D eigenvalue weighted by Gasteiger charge is 2.43. The van der Waals surface area contributed by atoms with Crippen molar-refractivity contribution in [3.8, 4) is 0 Å². The summed E-state index contributed by atoms with van der Waals surface area (Å²) >= 11 is 0. The van der Waals surface area contributed by atoms with Crippen LogP contribution >= 0.6 is 0 Å². The van der Waals surface area contributed by atoms with Gasteiger partial charge in [-0.05, 0) is 25.7 Å². The molecule has 1 aliphatic heterocycles. The molecule has 0 spiro atoms. The van der Waals surface area contributed by atoms with Gasteiger partial charge in [-0.15, -0.1) is 6.58 Å². The van der Waals surface area contributed by atoms with Crippen molar-refractivity contribution in [2.45, 2.75) is 97.6 Å². The zero-order valence-corrected chi connectivity index (χ0v) is 17.6. The van der Waals surface area contributed by atoms with Crippen molar-refractivity contribution in [3.63, 3.8) is 0 Å². The molecule has 0 aromatic carbocycles. The highest BCUT2D eigenvalue weighted by molar-refractivity contribution is 4.88. The minimum absolute atomic E-state index is 0.0615. The normalized spacial score (nSPS) is 31.9. The Kier molecular flexibility index (Phi) is 8.75. The van der Waals surface area contributed by atoms with Crippen molar-refractivity contribution in [3.05, 3.63) is 12.7 Å². The van der Waals surface area contributed by atoms with Crippen LogP contribution in [0.4, 0.5) is 0 Å². The van der Waals surface area contributed by atoms with E-state index in [0.717, 1.165) is 0 Å². The molecule has 3 N–H and O–H groups in total. The molecule has 1 fully saturated rings. The smallest absolute Gasteiger partial charge is 0.163 e. The van der Waals surface area contributed by atoms with Crippen LogP contribution < -0.4 is 0 Å². The molecule has 0 unspecified atom stereocenters. The van der Waals surface area contributed by atoms with Gasteiger partial charge >= 0.3 is 0 Å². The Balaban J connectivity index is 2.71. The highest BCUT2D eigenvalue weighted by Crippen LogP contribution is 2.37. The van der Waals surface area contributed by atoms with Crippen LogP contribution in [0.25, 0.3) is 0 Å². The van der Waals surface area contributed by atoms with Crippen LogP contribution in [0.1, 0.15) is 61.3 Å². The first kappa shape index (κ1) is 23.6. The van der Waals surface area contributed by atoms with E-state index in [4.69, 9.17) is 9.47 Å². The van der Waals surface area contributed by atoms with Gasteiger partial charge in [-0.1, -0.05) is 40.7 Å². The summed E-state index contributed by atoms with van der Waals surface area (Å²) in [5.74, 6) is -0.648. The minimum atomic E-state index is -0.786. The van der Waals surface area contributed by atoms with E-state index in [1.54, 1.807) is 6.08 Å². The third-order valence-corrected chi connectivity index (χ3v) is 5.77. The van der Waals surface area contributed by atoms with Crippen molar-refractivity contribution in [1.29, 1.82) is 0 Å². The van der Waals surface area contributed by atoms with E-state index in [9.17, 15) is 15.3 Å². The molecule has 154 valence electrons. The molecule has 0 radical (unpaired) electrons. The van der Waals surface area contributed by atoms with Crippen molar-refractivity contribution < 1.29 is 24.8 Å². The fraction of sp³-hybridized carbons (Fsp3) is 0.905. The summed E-state index contributed by atoms with van der Waals surface area (Å²) in [5.41, 5.74) is 0. The van der Waals surface area contributed by atoms with Gasteiger partial charge in [-0.25, -0.2) is 0 Å². The summed E-state index contributed by atoms with van der Waals surface area (Å²) in [6.45, 7) is 17.5. The van der Waals surface area contributed by atoms with Gasteiger partial charge < -0.3 is 24.8 Å². The van der Waals surface area contributed by atoms with E-state index < -0.39 is 24.1 Å².